The summed E-state index contributed by atoms with van der Waals surface area (Å²) in [4.78, 5) is 10.3. The van der Waals surface area contributed by atoms with E-state index >= 15 is 0 Å². The van der Waals surface area contributed by atoms with Crippen molar-refractivity contribution < 1.29 is 9.66 Å². The van der Waals surface area contributed by atoms with Crippen molar-refractivity contribution in [3.05, 3.63) is 28.3 Å². The Hall–Kier alpha value is -1.89. The van der Waals surface area contributed by atoms with E-state index in [1.807, 2.05) is 0 Å². The molecule has 0 aliphatic heterocycles. The summed E-state index contributed by atoms with van der Waals surface area (Å²) in [6.45, 7) is 2.85. The second-order valence-electron chi connectivity index (χ2n) is 3.88. The minimum atomic E-state index is -0.460. The Morgan fingerprint density at radius 1 is 1.53 bits per heavy atom. The number of rotatable bonds is 6. The summed E-state index contributed by atoms with van der Waals surface area (Å²) in [5.41, 5.74) is 0.463. The molecule has 0 aliphatic rings. The van der Waals surface area contributed by atoms with Gasteiger partial charge in [-0.25, -0.2) is 0 Å². The number of methoxy groups -OCH3 is 1. The maximum atomic E-state index is 10.7. The third kappa shape index (κ3) is 4.70. The summed E-state index contributed by atoms with van der Waals surface area (Å²) in [5.74, 6) is 0.505. The van der Waals surface area contributed by atoms with Crippen molar-refractivity contribution in [3.63, 3.8) is 0 Å². The molecular weight excluding hydrogens is 266 g/mol. The fourth-order valence-electron chi connectivity index (χ4n) is 1.45. The Balaban J connectivity index is 2.77. The molecule has 0 atom stereocenters. The van der Waals surface area contributed by atoms with E-state index < -0.39 is 4.92 Å². The predicted molar refractivity (Wildman–Crippen MR) is 78.8 cm³/mol. The van der Waals surface area contributed by atoms with Gasteiger partial charge in [0.2, 0.25) is 0 Å². The minimum absolute atomic E-state index is 0.0142. The molecule has 19 heavy (non-hydrogen) atoms. The highest BCUT2D eigenvalue weighted by Crippen LogP contribution is 2.28. The van der Waals surface area contributed by atoms with Gasteiger partial charge >= 0.3 is 0 Å². The summed E-state index contributed by atoms with van der Waals surface area (Å²) in [6.07, 6.45) is 2.07. The van der Waals surface area contributed by atoms with Gasteiger partial charge in [-0.1, -0.05) is 13.3 Å². The molecule has 0 fully saturated rings. The van der Waals surface area contributed by atoms with Crippen LogP contribution in [0.1, 0.15) is 19.8 Å². The quantitative estimate of drug-likeness (QED) is 0.362. The van der Waals surface area contributed by atoms with Gasteiger partial charge in [-0.15, -0.1) is 0 Å². The number of nitro groups is 1. The van der Waals surface area contributed by atoms with Crippen molar-refractivity contribution in [2.45, 2.75) is 19.8 Å². The van der Waals surface area contributed by atoms with Crippen LogP contribution in [-0.4, -0.2) is 23.7 Å². The lowest BCUT2D eigenvalue weighted by molar-refractivity contribution is -0.384. The first-order chi connectivity index (χ1) is 9.08. The number of unbranched alkanes of at least 4 members (excludes halogenated alkanes) is 1. The lowest BCUT2D eigenvalue weighted by Gasteiger charge is -2.12. The molecule has 6 nitrogen and oxygen atoms in total. The van der Waals surface area contributed by atoms with Gasteiger partial charge in [0.25, 0.3) is 5.69 Å². The average Bonchev–Trinajstić information content (AvgIpc) is 2.38. The number of nitro benzene ring substituents is 1. The van der Waals surface area contributed by atoms with Crippen LogP contribution in [0.3, 0.4) is 0 Å². The van der Waals surface area contributed by atoms with Gasteiger partial charge in [-0.2, -0.15) is 0 Å². The van der Waals surface area contributed by atoms with Gasteiger partial charge in [-0.3, -0.25) is 10.1 Å². The molecule has 0 spiro atoms. The maximum absolute atomic E-state index is 10.7. The molecule has 0 radical (unpaired) electrons. The first kappa shape index (κ1) is 15.2. The third-order valence-corrected chi connectivity index (χ3v) is 2.70. The van der Waals surface area contributed by atoms with Crippen LogP contribution in [0.4, 0.5) is 11.4 Å². The van der Waals surface area contributed by atoms with E-state index in [2.05, 4.69) is 17.6 Å². The van der Waals surface area contributed by atoms with Crippen molar-refractivity contribution in [2.75, 3.05) is 19.0 Å². The molecule has 1 rings (SSSR count). The lowest BCUT2D eigenvalue weighted by Crippen LogP contribution is -2.29. The molecule has 1 aromatic rings. The lowest BCUT2D eigenvalue weighted by atomic mass is 10.2. The minimum Gasteiger partial charge on any atom is -0.495 e. The first-order valence-corrected chi connectivity index (χ1v) is 6.36. The van der Waals surface area contributed by atoms with E-state index in [1.54, 1.807) is 0 Å². The van der Waals surface area contributed by atoms with Crippen LogP contribution in [0, 0.1) is 10.1 Å². The summed E-state index contributed by atoms with van der Waals surface area (Å²) in [5, 5.41) is 17.1. The smallest absolute Gasteiger partial charge is 0.271 e. The Labute approximate surface area is 117 Å². The van der Waals surface area contributed by atoms with E-state index in [1.165, 1.54) is 25.3 Å². The largest absolute Gasteiger partial charge is 0.495 e. The van der Waals surface area contributed by atoms with Crippen LogP contribution < -0.4 is 15.4 Å². The van der Waals surface area contributed by atoms with Gasteiger partial charge in [0.05, 0.1) is 17.7 Å². The van der Waals surface area contributed by atoms with Gasteiger partial charge in [0.15, 0.2) is 5.11 Å². The standard InChI is InChI=1S/C12H17N3O3S/c1-3-4-7-13-12(19)14-10-8-9(15(16)17)5-6-11(10)18-2/h5-6,8H,3-4,7H2,1-2H3,(H2,13,14,19). The van der Waals surface area contributed by atoms with Crippen LogP contribution in [0.15, 0.2) is 18.2 Å². The Morgan fingerprint density at radius 3 is 2.84 bits per heavy atom. The van der Waals surface area contributed by atoms with Crippen LogP contribution in [-0.2, 0) is 0 Å². The molecule has 7 heteroatoms. The van der Waals surface area contributed by atoms with Crippen LogP contribution in [0.5, 0.6) is 5.75 Å². The second-order valence-corrected chi connectivity index (χ2v) is 4.28. The highest BCUT2D eigenvalue weighted by Gasteiger charge is 2.12. The number of non-ortho nitro benzene ring substituents is 1. The molecule has 0 saturated heterocycles. The average molecular weight is 283 g/mol. The van der Waals surface area contributed by atoms with Gasteiger partial charge in [0, 0.05) is 18.7 Å². The Kier molecular flexibility index (Phi) is 6.01. The molecule has 0 aromatic heterocycles. The SMILES string of the molecule is CCCCNC(=S)Nc1cc([N+](=O)[O-])ccc1OC. The molecule has 2 N–H and O–H groups in total. The van der Waals surface area contributed by atoms with Gasteiger partial charge in [-0.05, 0) is 24.7 Å². The van der Waals surface area contributed by atoms with E-state index in [0.717, 1.165) is 19.4 Å². The molecule has 1 aromatic carbocycles. The van der Waals surface area contributed by atoms with Gasteiger partial charge < -0.3 is 15.4 Å². The fraction of sp³-hybridized carbons (Fsp3) is 0.417. The number of hydrogen-bond donors (Lipinski definition) is 2. The second kappa shape index (κ2) is 7.52. The zero-order valence-corrected chi connectivity index (χ0v) is 11.8. The van der Waals surface area contributed by atoms with Crippen LogP contribution in [0.2, 0.25) is 0 Å². The zero-order valence-electron chi connectivity index (χ0n) is 10.9. The molecular formula is C12H17N3O3S. The molecule has 0 heterocycles. The molecule has 0 saturated carbocycles. The summed E-state index contributed by atoms with van der Waals surface area (Å²) in [7, 11) is 1.50. The number of nitrogens with one attached hydrogen (secondary N) is 2. The van der Waals surface area contributed by atoms with Crippen molar-refractivity contribution in [1.82, 2.24) is 5.32 Å². The van der Waals surface area contributed by atoms with Crippen molar-refractivity contribution in [1.29, 1.82) is 0 Å². The highest BCUT2D eigenvalue weighted by molar-refractivity contribution is 7.80. The summed E-state index contributed by atoms with van der Waals surface area (Å²) < 4.78 is 5.13. The predicted octanol–water partition coefficient (Wildman–Crippen LogP) is 2.69. The molecule has 0 bridgehead atoms. The van der Waals surface area contributed by atoms with Gasteiger partial charge in [0.1, 0.15) is 5.75 Å². The first-order valence-electron chi connectivity index (χ1n) is 5.95. The van der Waals surface area contributed by atoms with E-state index in [-0.39, 0.29) is 5.69 Å². The number of benzene rings is 1. The van der Waals surface area contributed by atoms with E-state index in [4.69, 9.17) is 17.0 Å². The normalized spacial score (nSPS) is 9.79. The van der Waals surface area contributed by atoms with Crippen molar-refractivity contribution >= 4 is 28.7 Å². The number of hydrogen-bond acceptors (Lipinski definition) is 4. The summed E-state index contributed by atoms with van der Waals surface area (Å²) in [6, 6.07) is 4.32. The zero-order chi connectivity index (χ0) is 14.3. The van der Waals surface area contributed by atoms with Crippen molar-refractivity contribution in [2.24, 2.45) is 0 Å². The molecule has 0 amide bonds. The fourth-order valence-corrected chi connectivity index (χ4v) is 1.66. The Morgan fingerprint density at radius 2 is 2.26 bits per heavy atom. The highest BCUT2D eigenvalue weighted by atomic mass is 32.1. The number of thiocarbonyl (C=S) groups is 1. The molecule has 104 valence electrons. The van der Waals surface area contributed by atoms with E-state index in [0.29, 0.717) is 16.5 Å². The van der Waals surface area contributed by atoms with Crippen LogP contribution >= 0.6 is 12.2 Å². The van der Waals surface area contributed by atoms with E-state index in [9.17, 15) is 10.1 Å². The maximum Gasteiger partial charge on any atom is 0.271 e. The summed E-state index contributed by atoms with van der Waals surface area (Å²) >= 11 is 5.12. The molecule has 0 unspecified atom stereocenters. The molecule has 0 aliphatic carbocycles. The van der Waals surface area contributed by atoms with Crippen LogP contribution in [0.25, 0.3) is 0 Å². The third-order valence-electron chi connectivity index (χ3n) is 2.46. The number of nitrogens with zero attached hydrogens (tertiary/aromatic N) is 1. The number of ether oxygens (including phenoxy) is 1. The monoisotopic (exact) mass is 283 g/mol. The number of anilines is 1. The van der Waals surface area contributed by atoms with Crippen molar-refractivity contribution in [3.8, 4) is 5.75 Å². The topological polar surface area (TPSA) is 76.4 Å². The Bertz CT molecular complexity index is 466.